The fraction of sp³-hybridized carbons (Fsp3) is 0.458. The molecule has 174 valence electrons. The zero-order valence-corrected chi connectivity index (χ0v) is 20.7. The summed E-state index contributed by atoms with van der Waals surface area (Å²) in [6.45, 7) is 7.26. The minimum Gasteiger partial charge on any atom is -0.339 e. The van der Waals surface area contributed by atoms with E-state index in [1.807, 2.05) is 37.4 Å². The monoisotopic (exact) mass is 475 g/mol. The lowest BCUT2D eigenvalue weighted by Gasteiger charge is -2.36. The average Bonchev–Trinajstić information content (AvgIpc) is 2.79. The molecule has 2 aromatic rings. The summed E-state index contributed by atoms with van der Waals surface area (Å²) in [4.78, 5) is 17.7. The van der Waals surface area contributed by atoms with Crippen LogP contribution in [0.5, 0.6) is 0 Å². The van der Waals surface area contributed by atoms with Crippen molar-refractivity contribution in [1.82, 2.24) is 14.5 Å². The van der Waals surface area contributed by atoms with E-state index in [-0.39, 0.29) is 10.8 Å². The van der Waals surface area contributed by atoms with E-state index in [0.29, 0.717) is 30.8 Å². The maximum Gasteiger partial charge on any atom is 0.241 e. The van der Waals surface area contributed by atoms with E-state index in [9.17, 15) is 13.2 Å². The number of hydrogen-bond acceptors (Lipinski definition) is 5. The van der Waals surface area contributed by atoms with E-state index >= 15 is 0 Å². The highest BCUT2D eigenvalue weighted by Crippen LogP contribution is 2.19. The Morgan fingerprint density at radius 2 is 1.75 bits per heavy atom. The Morgan fingerprint density at radius 3 is 2.41 bits per heavy atom. The van der Waals surface area contributed by atoms with Crippen LogP contribution in [0.25, 0.3) is 0 Å². The van der Waals surface area contributed by atoms with Crippen LogP contribution in [-0.4, -0.2) is 68.4 Å². The van der Waals surface area contributed by atoms with Gasteiger partial charge in [-0.25, -0.2) is 8.42 Å². The molecule has 1 saturated heterocycles. The number of carbonyl (C=O) groups excluding carboxylic acids is 1. The van der Waals surface area contributed by atoms with Gasteiger partial charge >= 0.3 is 0 Å². The minimum atomic E-state index is -3.80. The second-order valence-electron chi connectivity index (χ2n) is 8.31. The van der Waals surface area contributed by atoms with Crippen molar-refractivity contribution in [2.45, 2.75) is 37.8 Å². The van der Waals surface area contributed by atoms with Crippen molar-refractivity contribution in [3.8, 4) is 0 Å². The Balaban J connectivity index is 1.66. The fourth-order valence-electron chi connectivity index (χ4n) is 3.90. The molecule has 1 heterocycles. The predicted molar refractivity (Wildman–Crippen MR) is 131 cm³/mol. The van der Waals surface area contributed by atoms with Crippen molar-refractivity contribution >= 4 is 27.7 Å². The van der Waals surface area contributed by atoms with Crippen LogP contribution in [0.3, 0.4) is 0 Å². The number of hydrogen-bond donors (Lipinski definition) is 1. The molecule has 0 saturated carbocycles. The van der Waals surface area contributed by atoms with Gasteiger partial charge in [-0.05, 0) is 55.0 Å². The molecule has 32 heavy (non-hydrogen) atoms. The van der Waals surface area contributed by atoms with Gasteiger partial charge in [0, 0.05) is 32.7 Å². The number of nitrogens with zero attached hydrogens (tertiary/aromatic N) is 2. The van der Waals surface area contributed by atoms with Gasteiger partial charge in [-0.1, -0.05) is 42.5 Å². The van der Waals surface area contributed by atoms with Crippen LogP contribution in [0.4, 0.5) is 0 Å². The largest absolute Gasteiger partial charge is 0.339 e. The van der Waals surface area contributed by atoms with Crippen molar-refractivity contribution < 1.29 is 13.2 Å². The van der Waals surface area contributed by atoms with E-state index < -0.39 is 16.1 Å². The molecular formula is C24H33N3O3S2. The molecule has 1 N–H and O–H groups in total. The smallest absolute Gasteiger partial charge is 0.241 e. The molecule has 0 aliphatic carbocycles. The summed E-state index contributed by atoms with van der Waals surface area (Å²) in [6.07, 6.45) is 2.43. The zero-order chi connectivity index (χ0) is 23.1. The highest BCUT2D eigenvalue weighted by atomic mass is 32.2. The lowest BCUT2D eigenvalue weighted by atomic mass is 10.1. The van der Waals surface area contributed by atoms with Crippen molar-refractivity contribution in [3.05, 3.63) is 65.2 Å². The lowest BCUT2D eigenvalue weighted by molar-refractivity contribution is -0.134. The van der Waals surface area contributed by atoms with Gasteiger partial charge in [0.15, 0.2) is 0 Å². The third-order valence-electron chi connectivity index (χ3n) is 5.77. The molecular weight excluding hydrogens is 442 g/mol. The fourth-order valence-corrected chi connectivity index (χ4v) is 5.93. The standard InChI is InChI=1S/C24H33N3O3S2/c1-19-9-10-20(2)23(17-19)32(29,30)25-22(11-16-31-3)24(28)27-14-12-26(13-15-27)18-21-7-5-4-6-8-21/h4-10,17,22,25H,11-16,18H2,1-3H3/t22-/m0/s1. The molecule has 0 bridgehead atoms. The maximum atomic E-state index is 13.3. The molecule has 0 radical (unpaired) electrons. The number of aryl methyl sites for hydroxylation is 2. The summed E-state index contributed by atoms with van der Waals surface area (Å²) in [5.41, 5.74) is 2.80. The van der Waals surface area contributed by atoms with Gasteiger partial charge in [-0.3, -0.25) is 9.69 Å². The number of rotatable bonds is 9. The molecule has 1 fully saturated rings. The summed E-state index contributed by atoms with van der Waals surface area (Å²) in [5.74, 6) is 0.576. The second kappa shape index (κ2) is 11.3. The third-order valence-corrected chi connectivity index (χ3v) is 8.03. The summed E-state index contributed by atoms with van der Waals surface area (Å²) in [6, 6.07) is 14.9. The topological polar surface area (TPSA) is 69.7 Å². The van der Waals surface area contributed by atoms with Gasteiger partial charge in [0.1, 0.15) is 6.04 Å². The molecule has 0 unspecified atom stereocenters. The number of carbonyl (C=O) groups is 1. The quantitative estimate of drug-likeness (QED) is 0.604. The first kappa shape index (κ1) is 24.8. The molecule has 0 spiro atoms. The van der Waals surface area contributed by atoms with Gasteiger partial charge < -0.3 is 4.90 Å². The van der Waals surface area contributed by atoms with E-state index in [0.717, 1.165) is 25.2 Å². The van der Waals surface area contributed by atoms with Crippen LogP contribution in [0.15, 0.2) is 53.4 Å². The van der Waals surface area contributed by atoms with Gasteiger partial charge in [0.25, 0.3) is 0 Å². The molecule has 1 amide bonds. The van der Waals surface area contributed by atoms with Crippen LogP contribution in [0, 0.1) is 13.8 Å². The number of nitrogens with one attached hydrogen (secondary N) is 1. The van der Waals surface area contributed by atoms with Gasteiger partial charge in [0.05, 0.1) is 4.90 Å². The zero-order valence-electron chi connectivity index (χ0n) is 19.1. The first-order valence-electron chi connectivity index (χ1n) is 10.9. The predicted octanol–water partition coefficient (Wildman–Crippen LogP) is 3.05. The Bertz CT molecular complexity index is 1000. The molecule has 3 rings (SSSR count). The van der Waals surface area contributed by atoms with E-state index in [2.05, 4.69) is 21.8 Å². The first-order valence-corrected chi connectivity index (χ1v) is 13.8. The molecule has 2 aromatic carbocycles. The molecule has 8 heteroatoms. The molecule has 0 aromatic heterocycles. The van der Waals surface area contributed by atoms with Gasteiger partial charge in [-0.2, -0.15) is 16.5 Å². The van der Waals surface area contributed by atoms with Crippen LogP contribution >= 0.6 is 11.8 Å². The summed E-state index contributed by atoms with van der Waals surface area (Å²) < 4.78 is 29.0. The van der Waals surface area contributed by atoms with Crippen LogP contribution in [0.1, 0.15) is 23.1 Å². The average molecular weight is 476 g/mol. The Kier molecular flexibility index (Phi) is 8.76. The first-order chi connectivity index (χ1) is 15.3. The lowest BCUT2D eigenvalue weighted by Crippen LogP contribution is -2.54. The maximum absolute atomic E-state index is 13.3. The molecule has 1 aliphatic heterocycles. The highest BCUT2D eigenvalue weighted by molar-refractivity contribution is 7.98. The Hall–Kier alpha value is -1.87. The van der Waals surface area contributed by atoms with Crippen molar-refractivity contribution in [3.63, 3.8) is 0 Å². The highest BCUT2D eigenvalue weighted by Gasteiger charge is 2.31. The molecule has 6 nitrogen and oxygen atoms in total. The molecule has 1 atom stereocenters. The van der Waals surface area contributed by atoms with E-state index in [1.165, 1.54) is 5.56 Å². The van der Waals surface area contributed by atoms with Gasteiger partial charge in [-0.15, -0.1) is 0 Å². The van der Waals surface area contributed by atoms with E-state index in [4.69, 9.17) is 0 Å². The van der Waals surface area contributed by atoms with Crippen LogP contribution in [-0.2, 0) is 21.4 Å². The third kappa shape index (κ3) is 6.57. The normalized spacial score (nSPS) is 16.2. The minimum absolute atomic E-state index is 0.132. The van der Waals surface area contributed by atoms with Crippen molar-refractivity contribution in [2.24, 2.45) is 0 Å². The van der Waals surface area contributed by atoms with Crippen molar-refractivity contribution in [2.75, 3.05) is 38.2 Å². The Labute approximate surface area is 196 Å². The van der Waals surface area contributed by atoms with Crippen LogP contribution in [0.2, 0.25) is 0 Å². The number of amides is 1. The second-order valence-corrected chi connectivity index (χ2v) is 11.0. The number of benzene rings is 2. The molecule has 1 aliphatic rings. The van der Waals surface area contributed by atoms with E-state index in [1.54, 1.807) is 35.7 Å². The number of sulfonamides is 1. The van der Waals surface area contributed by atoms with Crippen molar-refractivity contribution in [1.29, 1.82) is 0 Å². The number of thioether (sulfide) groups is 1. The summed E-state index contributed by atoms with van der Waals surface area (Å²) >= 11 is 1.61. The summed E-state index contributed by atoms with van der Waals surface area (Å²) in [7, 11) is -3.80. The Morgan fingerprint density at radius 1 is 1.06 bits per heavy atom. The SMILES string of the molecule is CSCC[C@H](NS(=O)(=O)c1cc(C)ccc1C)C(=O)N1CCN(Cc2ccccc2)CC1. The summed E-state index contributed by atoms with van der Waals surface area (Å²) in [5, 5.41) is 0. The number of piperazine rings is 1. The van der Waals surface area contributed by atoms with Crippen LogP contribution < -0.4 is 4.72 Å². The van der Waals surface area contributed by atoms with Gasteiger partial charge in [0.2, 0.25) is 15.9 Å².